The summed E-state index contributed by atoms with van der Waals surface area (Å²) >= 11 is 7.41. The van der Waals surface area contributed by atoms with Gasteiger partial charge in [0.25, 0.3) is 10.0 Å². The quantitative estimate of drug-likeness (QED) is 0.297. The highest BCUT2D eigenvalue weighted by atomic mass is 35.5. The number of nitrogens with one attached hydrogen (secondary N) is 1. The molecule has 3 aromatic rings. The second-order valence-corrected chi connectivity index (χ2v) is 13.3. The first-order valence-electron chi connectivity index (χ1n) is 10.5. The van der Waals surface area contributed by atoms with Crippen molar-refractivity contribution in [2.45, 2.75) is 4.21 Å². The normalized spacial score (nSPS) is 14.9. The van der Waals surface area contributed by atoms with E-state index < -0.39 is 29.5 Å². The molecule has 0 fully saturated rings. The van der Waals surface area contributed by atoms with Crippen molar-refractivity contribution in [1.82, 2.24) is 9.62 Å². The molecule has 1 aromatic heterocycles. The number of sulfonamides is 1. The molecule has 1 unspecified atom stereocenters. The van der Waals surface area contributed by atoms with Crippen LogP contribution in [0.2, 0.25) is 5.02 Å². The Bertz CT molecular complexity index is 1570. The molecule has 1 aliphatic rings. The number of ether oxygens (including phenoxy) is 1. The first-order valence-corrected chi connectivity index (χ1v) is 15.0. The van der Waals surface area contributed by atoms with Gasteiger partial charge in [0.1, 0.15) is 28.5 Å². The van der Waals surface area contributed by atoms with Crippen molar-refractivity contribution in [2.24, 2.45) is 0 Å². The van der Waals surface area contributed by atoms with Gasteiger partial charge in [0.05, 0.1) is 36.0 Å². The van der Waals surface area contributed by atoms with E-state index in [0.717, 1.165) is 36.1 Å². The first kappa shape index (κ1) is 26.3. The number of nitriles is 1. The predicted molar refractivity (Wildman–Crippen MR) is 137 cm³/mol. The topological polar surface area (TPSA) is 120 Å². The van der Waals surface area contributed by atoms with E-state index in [-0.39, 0.29) is 20.1 Å². The van der Waals surface area contributed by atoms with Crippen LogP contribution < -0.4 is 14.8 Å². The van der Waals surface area contributed by atoms with Crippen LogP contribution in [0.1, 0.15) is 5.56 Å². The summed E-state index contributed by atoms with van der Waals surface area (Å²) < 4.78 is 60.6. The van der Waals surface area contributed by atoms with E-state index in [2.05, 4.69) is 10.9 Å². The summed E-state index contributed by atoms with van der Waals surface area (Å²) in [5.74, 6) is -0.565. The van der Waals surface area contributed by atoms with E-state index >= 15 is 0 Å². The molecule has 0 bridgehead atoms. The van der Waals surface area contributed by atoms with Gasteiger partial charge in [-0.3, -0.25) is 4.57 Å². The van der Waals surface area contributed by atoms with Crippen molar-refractivity contribution in [3.8, 4) is 11.8 Å². The monoisotopic (exact) mass is 566 g/mol. The lowest BCUT2D eigenvalue weighted by atomic mass is 10.2. The molecule has 13 heteroatoms. The molecule has 1 aliphatic heterocycles. The minimum atomic E-state index is -4.29. The van der Waals surface area contributed by atoms with Gasteiger partial charge in [-0.1, -0.05) is 11.6 Å². The summed E-state index contributed by atoms with van der Waals surface area (Å²) in [7, 11) is -8.47. The molecule has 0 saturated carbocycles. The Morgan fingerprint density at radius 2 is 2.14 bits per heavy atom. The number of fused-ring (bicyclic) bond motifs is 1. The number of hydrogen-bond acceptors (Lipinski definition) is 7. The van der Waals surface area contributed by atoms with Gasteiger partial charge in [-0.15, -0.1) is 11.3 Å². The minimum Gasteiger partial charge on any atom is -0.490 e. The lowest BCUT2D eigenvalue weighted by Gasteiger charge is -2.13. The average Bonchev–Trinajstić information content (AvgIpc) is 3.31. The molecular weight excluding hydrogens is 548 g/mol. The Kier molecular flexibility index (Phi) is 7.79. The third kappa shape index (κ3) is 5.77. The smallest absolute Gasteiger partial charge is 0.250 e. The summed E-state index contributed by atoms with van der Waals surface area (Å²) in [5.41, 5.74) is -0.288. The van der Waals surface area contributed by atoms with E-state index in [4.69, 9.17) is 21.6 Å². The maximum Gasteiger partial charge on any atom is 0.250 e. The summed E-state index contributed by atoms with van der Waals surface area (Å²) in [6.07, 6.45) is 7.94. The van der Waals surface area contributed by atoms with Gasteiger partial charge in [-0.25, -0.2) is 22.4 Å². The van der Waals surface area contributed by atoms with Crippen LogP contribution >= 0.6 is 30.3 Å². The maximum absolute atomic E-state index is 13.9. The molecule has 0 aliphatic carbocycles. The summed E-state index contributed by atoms with van der Waals surface area (Å²) in [4.78, 5) is 12.3. The molecule has 1 atom stereocenters. The van der Waals surface area contributed by atoms with E-state index in [1.54, 1.807) is 18.2 Å². The minimum absolute atomic E-state index is 0.109. The Labute approximate surface area is 216 Å². The van der Waals surface area contributed by atoms with Crippen molar-refractivity contribution in [1.29, 1.82) is 5.26 Å². The van der Waals surface area contributed by atoms with E-state index in [1.165, 1.54) is 6.07 Å². The number of hydrogen-bond donors (Lipinski definition) is 2. The number of halogens is 2. The molecule has 2 heterocycles. The fourth-order valence-corrected chi connectivity index (χ4v) is 7.92. The lowest BCUT2D eigenvalue weighted by molar-refractivity contribution is 0.258. The van der Waals surface area contributed by atoms with Crippen LogP contribution in [0.4, 0.5) is 4.39 Å². The Morgan fingerprint density at radius 3 is 2.83 bits per heavy atom. The van der Waals surface area contributed by atoms with Crippen molar-refractivity contribution < 1.29 is 27.0 Å². The van der Waals surface area contributed by atoms with Crippen molar-refractivity contribution >= 4 is 55.7 Å². The highest BCUT2D eigenvalue weighted by molar-refractivity contribution is 7.92. The number of nitrogens with zero attached hydrogens (tertiary/aromatic N) is 2. The van der Waals surface area contributed by atoms with E-state index in [0.29, 0.717) is 29.0 Å². The lowest BCUT2D eigenvalue weighted by Crippen LogP contribution is -2.26. The standard InChI is InChI=1S/C23H18ClFN3O5PS2/c24-23-18-13-22(35-21(18)7-6-20(23)33-11-10-28-8-2-1-3-9-28)36(31,32)27-15-34(29,30)17-5-4-16(14-26)19(25)12-17/h1-7,12-13,27H,8,10-11,15H2/p+1. The van der Waals surface area contributed by atoms with Crippen LogP contribution in [0, 0.1) is 23.3 Å². The van der Waals surface area contributed by atoms with Crippen LogP contribution in [0.5, 0.6) is 5.75 Å². The molecule has 2 aromatic carbocycles. The van der Waals surface area contributed by atoms with E-state index in [9.17, 15) is 22.3 Å². The maximum atomic E-state index is 13.9. The molecule has 0 radical (unpaired) electrons. The predicted octanol–water partition coefficient (Wildman–Crippen LogP) is 3.96. The molecule has 186 valence electrons. The largest absolute Gasteiger partial charge is 0.490 e. The number of thiophene rings is 1. The van der Waals surface area contributed by atoms with Gasteiger partial charge in [0, 0.05) is 21.5 Å². The van der Waals surface area contributed by atoms with Gasteiger partial charge >= 0.3 is 0 Å². The van der Waals surface area contributed by atoms with Gasteiger partial charge < -0.3 is 9.63 Å². The van der Waals surface area contributed by atoms with Crippen molar-refractivity contribution in [3.05, 3.63) is 77.2 Å². The zero-order chi connectivity index (χ0) is 25.9. The third-order valence-corrected chi connectivity index (χ3v) is 10.5. The van der Waals surface area contributed by atoms with Crippen LogP contribution in [-0.4, -0.2) is 44.2 Å². The second kappa shape index (κ2) is 10.7. The van der Waals surface area contributed by atoms with Crippen LogP contribution in [-0.2, 0) is 14.6 Å². The summed E-state index contributed by atoms with van der Waals surface area (Å²) in [6, 6.07) is 9.26. The van der Waals surface area contributed by atoms with Gasteiger partial charge in [0.15, 0.2) is 12.3 Å². The molecule has 8 nitrogen and oxygen atoms in total. The SMILES string of the molecule is N#Cc1ccc(P(=O)(O)CNS(=O)(=O)c2cc3c(Cl)c(OCCN4[C+]=CC=CC4)ccc3s2)cc1F. The van der Waals surface area contributed by atoms with Crippen molar-refractivity contribution in [3.63, 3.8) is 0 Å². The molecule has 2 N–H and O–H groups in total. The van der Waals surface area contributed by atoms with Crippen LogP contribution in [0.3, 0.4) is 0 Å². The van der Waals surface area contributed by atoms with Gasteiger partial charge in [-0.2, -0.15) is 5.26 Å². The second-order valence-electron chi connectivity index (χ2n) is 7.66. The number of allylic oxidation sites excluding steroid dienone is 2. The number of benzene rings is 2. The van der Waals surface area contributed by atoms with Crippen LogP contribution in [0.15, 0.2) is 58.8 Å². The van der Waals surface area contributed by atoms with Crippen molar-refractivity contribution in [2.75, 3.05) is 26.0 Å². The van der Waals surface area contributed by atoms with Crippen LogP contribution in [0.25, 0.3) is 10.1 Å². The molecule has 0 amide bonds. The number of rotatable bonds is 9. The van der Waals surface area contributed by atoms with Gasteiger partial charge in [-0.05, 0) is 36.4 Å². The first-order chi connectivity index (χ1) is 17.1. The highest BCUT2D eigenvalue weighted by Crippen LogP contribution is 2.41. The highest BCUT2D eigenvalue weighted by Gasteiger charge is 2.27. The molecule has 4 rings (SSSR count). The third-order valence-electron chi connectivity index (χ3n) is 5.22. The zero-order valence-electron chi connectivity index (χ0n) is 18.5. The summed E-state index contributed by atoms with van der Waals surface area (Å²) in [5, 5.41) is 9.22. The fourth-order valence-electron chi connectivity index (χ4n) is 3.30. The zero-order valence-corrected chi connectivity index (χ0v) is 21.8. The molecule has 36 heavy (non-hydrogen) atoms. The molecular formula is C23H19ClFN3O5PS2+. The molecule has 0 spiro atoms. The Balaban J connectivity index is 1.47. The van der Waals surface area contributed by atoms with E-state index in [1.807, 2.05) is 23.1 Å². The fraction of sp³-hybridized carbons (Fsp3) is 0.174. The Hall–Kier alpha value is -2.80. The summed E-state index contributed by atoms with van der Waals surface area (Å²) in [6.45, 7) is 1.66. The van der Waals surface area contributed by atoms with Gasteiger partial charge in [0.2, 0.25) is 7.37 Å². The molecule has 0 saturated heterocycles. The Morgan fingerprint density at radius 1 is 1.33 bits per heavy atom. The average molecular weight is 567 g/mol.